The van der Waals surface area contributed by atoms with Gasteiger partial charge < -0.3 is 5.32 Å². The monoisotopic (exact) mass is 319 g/mol. The first-order valence-electron chi connectivity index (χ1n) is 7.56. The smallest absolute Gasteiger partial charge is 0.237 e. The number of carbonyl (C=O) groups excluding carboxylic acids is 1. The van der Waals surface area contributed by atoms with Gasteiger partial charge in [0.15, 0.2) is 0 Å². The van der Waals surface area contributed by atoms with Crippen molar-refractivity contribution in [2.24, 2.45) is 7.05 Å². The Kier molecular flexibility index (Phi) is 4.54. The van der Waals surface area contributed by atoms with Crippen molar-refractivity contribution in [2.45, 2.75) is 31.8 Å². The fourth-order valence-electron chi connectivity index (χ4n) is 2.74. The molecule has 118 valence electrons. The molecule has 6 nitrogen and oxygen atoms in total. The lowest BCUT2D eigenvalue weighted by atomic mass is 10.0. The molecule has 1 saturated heterocycles. The minimum Gasteiger partial charge on any atom is -0.349 e. The first-order valence-corrected chi connectivity index (χ1v) is 8.44. The second-order valence-corrected chi connectivity index (χ2v) is 6.59. The van der Waals surface area contributed by atoms with E-state index < -0.39 is 0 Å². The number of piperidine rings is 1. The highest BCUT2D eigenvalue weighted by atomic mass is 32.1. The van der Waals surface area contributed by atoms with E-state index in [0.717, 1.165) is 35.8 Å². The van der Waals surface area contributed by atoms with Gasteiger partial charge in [0.05, 0.1) is 18.3 Å². The van der Waals surface area contributed by atoms with E-state index in [2.05, 4.69) is 20.3 Å². The summed E-state index contributed by atoms with van der Waals surface area (Å²) in [6.07, 6.45) is 5.15. The summed E-state index contributed by atoms with van der Waals surface area (Å²) in [5.74, 6) is 0.106. The average Bonchev–Trinajstić information content (AvgIpc) is 3.14. The van der Waals surface area contributed by atoms with Crippen LogP contribution in [0.2, 0.25) is 0 Å². The van der Waals surface area contributed by atoms with Crippen molar-refractivity contribution in [2.75, 3.05) is 13.6 Å². The first-order chi connectivity index (χ1) is 10.6. The molecule has 0 aromatic carbocycles. The quantitative estimate of drug-likeness (QED) is 0.931. The summed E-state index contributed by atoms with van der Waals surface area (Å²) in [6.45, 7) is 1.48. The SMILES string of the molecule is CN1CCCCC1C(=O)NCc1csc(-c2ccn(C)n2)n1. The molecule has 22 heavy (non-hydrogen) atoms. The van der Waals surface area contributed by atoms with Gasteiger partial charge in [0.1, 0.15) is 10.7 Å². The molecule has 1 amide bonds. The molecule has 0 saturated carbocycles. The summed E-state index contributed by atoms with van der Waals surface area (Å²) in [5, 5.41) is 10.2. The summed E-state index contributed by atoms with van der Waals surface area (Å²) in [7, 11) is 3.91. The van der Waals surface area contributed by atoms with Crippen LogP contribution in [0.5, 0.6) is 0 Å². The van der Waals surface area contributed by atoms with Crippen molar-refractivity contribution in [1.82, 2.24) is 25.0 Å². The molecule has 1 aliphatic rings. The van der Waals surface area contributed by atoms with Gasteiger partial charge in [-0.2, -0.15) is 5.10 Å². The Morgan fingerprint density at radius 1 is 1.45 bits per heavy atom. The van der Waals surface area contributed by atoms with Crippen LogP contribution in [0.1, 0.15) is 25.0 Å². The molecular weight excluding hydrogens is 298 g/mol. The Morgan fingerprint density at radius 2 is 2.32 bits per heavy atom. The van der Waals surface area contributed by atoms with Crippen LogP contribution in [0, 0.1) is 0 Å². The van der Waals surface area contributed by atoms with Crippen LogP contribution in [0.25, 0.3) is 10.7 Å². The van der Waals surface area contributed by atoms with Crippen LogP contribution in [0.15, 0.2) is 17.6 Å². The van der Waals surface area contributed by atoms with Crippen molar-refractivity contribution in [3.63, 3.8) is 0 Å². The highest BCUT2D eigenvalue weighted by Gasteiger charge is 2.25. The molecule has 0 aliphatic carbocycles. The van der Waals surface area contributed by atoms with E-state index in [0.29, 0.717) is 6.54 Å². The highest BCUT2D eigenvalue weighted by molar-refractivity contribution is 7.13. The third-order valence-corrected chi connectivity index (χ3v) is 4.91. The molecule has 3 heterocycles. The first kappa shape index (κ1) is 15.2. The maximum atomic E-state index is 12.3. The van der Waals surface area contributed by atoms with E-state index in [4.69, 9.17) is 0 Å². The van der Waals surface area contributed by atoms with Gasteiger partial charge in [-0.15, -0.1) is 11.3 Å². The summed E-state index contributed by atoms with van der Waals surface area (Å²) >= 11 is 1.56. The zero-order valence-electron chi connectivity index (χ0n) is 13.0. The Morgan fingerprint density at radius 3 is 3.05 bits per heavy atom. The molecule has 0 spiro atoms. The van der Waals surface area contributed by atoms with E-state index in [-0.39, 0.29) is 11.9 Å². The molecule has 1 N–H and O–H groups in total. The fraction of sp³-hybridized carbons (Fsp3) is 0.533. The van der Waals surface area contributed by atoms with Crippen molar-refractivity contribution in [3.05, 3.63) is 23.3 Å². The molecule has 2 aromatic heterocycles. The maximum Gasteiger partial charge on any atom is 0.237 e. The van der Waals surface area contributed by atoms with Crippen LogP contribution >= 0.6 is 11.3 Å². The standard InChI is InChI=1S/C15H21N5OS/c1-19-7-4-3-5-13(19)14(21)16-9-11-10-22-15(17-11)12-6-8-20(2)18-12/h6,8,10,13H,3-5,7,9H2,1-2H3,(H,16,21). The topological polar surface area (TPSA) is 63.1 Å². The van der Waals surface area contributed by atoms with Gasteiger partial charge in [-0.1, -0.05) is 6.42 Å². The summed E-state index contributed by atoms with van der Waals surface area (Å²) in [5.41, 5.74) is 1.76. The molecule has 1 atom stereocenters. The summed E-state index contributed by atoms with van der Waals surface area (Å²) < 4.78 is 1.76. The molecule has 3 rings (SSSR count). The largest absolute Gasteiger partial charge is 0.349 e. The Bertz CT molecular complexity index is 650. The maximum absolute atomic E-state index is 12.3. The van der Waals surface area contributed by atoms with Crippen LogP contribution < -0.4 is 5.32 Å². The number of thiazole rings is 1. The highest BCUT2D eigenvalue weighted by Crippen LogP contribution is 2.21. The number of aromatic nitrogens is 3. The third kappa shape index (κ3) is 3.36. The molecule has 1 fully saturated rings. The summed E-state index contributed by atoms with van der Waals surface area (Å²) in [4.78, 5) is 19.0. The Hall–Kier alpha value is -1.73. The van der Waals surface area contributed by atoms with Crippen LogP contribution in [0.4, 0.5) is 0 Å². The van der Waals surface area contributed by atoms with Crippen molar-refractivity contribution < 1.29 is 4.79 Å². The zero-order chi connectivity index (χ0) is 15.5. The molecule has 1 unspecified atom stereocenters. The van der Waals surface area contributed by atoms with Crippen molar-refractivity contribution in [1.29, 1.82) is 0 Å². The van der Waals surface area contributed by atoms with E-state index >= 15 is 0 Å². The molecule has 2 aromatic rings. The summed E-state index contributed by atoms with van der Waals surface area (Å²) in [6, 6.07) is 1.95. The second kappa shape index (κ2) is 6.58. The number of nitrogens with zero attached hydrogens (tertiary/aromatic N) is 4. The number of carbonyl (C=O) groups is 1. The van der Waals surface area contributed by atoms with Crippen molar-refractivity contribution >= 4 is 17.2 Å². The fourth-order valence-corrected chi connectivity index (χ4v) is 3.52. The Balaban J connectivity index is 1.57. The molecule has 7 heteroatoms. The number of rotatable bonds is 4. The van der Waals surface area contributed by atoms with E-state index in [1.165, 1.54) is 6.42 Å². The number of hydrogen-bond donors (Lipinski definition) is 1. The zero-order valence-corrected chi connectivity index (χ0v) is 13.8. The van der Waals surface area contributed by atoms with Crippen LogP contribution in [-0.2, 0) is 18.4 Å². The number of nitrogens with one attached hydrogen (secondary N) is 1. The lowest BCUT2D eigenvalue weighted by molar-refractivity contribution is -0.127. The minimum absolute atomic E-state index is 0.00245. The van der Waals surface area contributed by atoms with Crippen molar-refractivity contribution in [3.8, 4) is 10.7 Å². The molecule has 0 radical (unpaired) electrons. The van der Waals surface area contributed by atoms with E-state index in [1.807, 2.05) is 31.7 Å². The average molecular weight is 319 g/mol. The van der Waals surface area contributed by atoms with E-state index in [1.54, 1.807) is 16.0 Å². The lowest BCUT2D eigenvalue weighted by Gasteiger charge is -2.31. The van der Waals surface area contributed by atoms with Gasteiger partial charge in [0.2, 0.25) is 5.91 Å². The van der Waals surface area contributed by atoms with Crippen LogP contribution in [0.3, 0.4) is 0 Å². The van der Waals surface area contributed by atoms with Gasteiger partial charge in [-0.25, -0.2) is 4.98 Å². The number of aryl methyl sites for hydroxylation is 1. The normalized spacial score (nSPS) is 19.3. The van der Waals surface area contributed by atoms with E-state index in [9.17, 15) is 4.79 Å². The number of hydrogen-bond acceptors (Lipinski definition) is 5. The number of amides is 1. The Labute approximate surface area is 134 Å². The molecule has 0 bridgehead atoms. The number of likely N-dealkylation sites (N-methyl/N-ethyl adjacent to an activating group) is 1. The van der Waals surface area contributed by atoms with Gasteiger partial charge in [-0.3, -0.25) is 14.4 Å². The lowest BCUT2D eigenvalue weighted by Crippen LogP contribution is -2.47. The van der Waals surface area contributed by atoms with Crippen LogP contribution in [-0.4, -0.2) is 45.2 Å². The third-order valence-electron chi connectivity index (χ3n) is 4.00. The predicted octanol–water partition coefficient (Wildman–Crippen LogP) is 1.64. The minimum atomic E-state index is 0.00245. The molecule has 1 aliphatic heterocycles. The number of likely N-dealkylation sites (tertiary alicyclic amines) is 1. The molecular formula is C15H21N5OS. The van der Waals surface area contributed by atoms with Gasteiger partial charge in [0.25, 0.3) is 0 Å². The predicted molar refractivity (Wildman–Crippen MR) is 86.4 cm³/mol. The van der Waals surface area contributed by atoms with Gasteiger partial charge in [-0.05, 0) is 32.5 Å². The second-order valence-electron chi connectivity index (χ2n) is 5.73. The van der Waals surface area contributed by atoms with Gasteiger partial charge in [0, 0.05) is 18.6 Å². The van der Waals surface area contributed by atoms with Gasteiger partial charge >= 0.3 is 0 Å².